The van der Waals surface area contributed by atoms with Crippen LogP contribution in [0, 0.1) is 12.8 Å². The van der Waals surface area contributed by atoms with Crippen molar-refractivity contribution in [1.29, 1.82) is 0 Å². The fourth-order valence-corrected chi connectivity index (χ4v) is 3.57. The Labute approximate surface area is 186 Å². The molecule has 1 saturated heterocycles. The number of hydrogen-bond acceptors (Lipinski definition) is 2. The van der Waals surface area contributed by atoms with Crippen LogP contribution in [-0.2, 0) is 4.74 Å². The first-order chi connectivity index (χ1) is 13.2. The van der Waals surface area contributed by atoms with Gasteiger partial charge in [0.05, 0.1) is 6.10 Å². The number of guanidine groups is 1. The third kappa shape index (κ3) is 6.21. The van der Waals surface area contributed by atoms with Crippen LogP contribution < -0.4 is 10.6 Å². The van der Waals surface area contributed by atoms with E-state index in [9.17, 15) is 0 Å². The molecule has 5 heteroatoms. The molecule has 3 rings (SSSR count). The van der Waals surface area contributed by atoms with Gasteiger partial charge in [-0.2, -0.15) is 0 Å². The molecule has 3 unspecified atom stereocenters. The SMILES string of the molecule is CN=C(NCC(C)c1ccc(C)cc1)NCC1CCOC1c1ccccc1.I. The van der Waals surface area contributed by atoms with E-state index in [1.165, 1.54) is 16.7 Å². The highest BCUT2D eigenvalue weighted by molar-refractivity contribution is 14.0. The van der Waals surface area contributed by atoms with Crippen molar-refractivity contribution in [2.45, 2.75) is 32.3 Å². The molecule has 0 aromatic heterocycles. The first kappa shape index (κ1) is 22.7. The maximum absolute atomic E-state index is 5.98. The summed E-state index contributed by atoms with van der Waals surface area (Å²) in [6.07, 6.45) is 1.24. The van der Waals surface area contributed by atoms with E-state index in [4.69, 9.17) is 4.74 Å². The van der Waals surface area contributed by atoms with Crippen molar-refractivity contribution in [3.05, 3.63) is 71.3 Å². The lowest BCUT2D eigenvalue weighted by Gasteiger charge is -2.21. The number of aliphatic imine (C=N–C) groups is 1. The van der Waals surface area contributed by atoms with Gasteiger partial charge < -0.3 is 15.4 Å². The Morgan fingerprint density at radius 1 is 1.11 bits per heavy atom. The molecule has 2 N–H and O–H groups in total. The molecule has 0 aliphatic carbocycles. The lowest BCUT2D eigenvalue weighted by atomic mass is 9.95. The third-order valence-corrected chi connectivity index (χ3v) is 5.32. The summed E-state index contributed by atoms with van der Waals surface area (Å²) in [5.74, 6) is 1.74. The van der Waals surface area contributed by atoms with Crippen molar-refractivity contribution < 1.29 is 4.74 Å². The Bertz CT molecular complexity index is 733. The van der Waals surface area contributed by atoms with Gasteiger partial charge in [-0.1, -0.05) is 67.1 Å². The average molecular weight is 493 g/mol. The van der Waals surface area contributed by atoms with E-state index >= 15 is 0 Å². The van der Waals surface area contributed by atoms with Crippen molar-refractivity contribution in [1.82, 2.24) is 10.6 Å². The first-order valence-corrected chi connectivity index (χ1v) is 9.85. The van der Waals surface area contributed by atoms with Gasteiger partial charge in [-0.25, -0.2) is 0 Å². The molecule has 0 saturated carbocycles. The van der Waals surface area contributed by atoms with Crippen LogP contribution in [0.4, 0.5) is 0 Å². The molecule has 1 fully saturated rings. The van der Waals surface area contributed by atoms with Gasteiger partial charge in [-0.15, -0.1) is 24.0 Å². The molecule has 1 aliphatic rings. The Balaban J connectivity index is 0.00000280. The van der Waals surface area contributed by atoms with Gasteiger partial charge in [0, 0.05) is 32.7 Å². The van der Waals surface area contributed by atoms with E-state index in [0.29, 0.717) is 11.8 Å². The summed E-state index contributed by atoms with van der Waals surface area (Å²) in [5, 5.41) is 6.94. The normalized spacial score (nSPS) is 20.3. The molecule has 1 aliphatic heterocycles. The number of hydrogen-bond donors (Lipinski definition) is 2. The zero-order valence-electron chi connectivity index (χ0n) is 17.0. The fraction of sp³-hybridized carbons (Fsp3) is 0.435. The molecule has 28 heavy (non-hydrogen) atoms. The second-order valence-electron chi connectivity index (χ2n) is 7.40. The van der Waals surface area contributed by atoms with Crippen LogP contribution in [0.5, 0.6) is 0 Å². The van der Waals surface area contributed by atoms with Crippen molar-refractivity contribution in [3.63, 3.8) is 0 Å². The molecule has 2 aromatic rings. The lowest BCUT2D eigenvalue weighted by molar-refractivity contribution is 0.0915. The highest BCUT2D eigenvalue weighted by Gasteiger charge is 2.29. The molecular weight excluding hydrogens is 461 g/mol. The second-order valence-corrected chi connectivity index (χ2v) is 7.40. The largest absolute Gasteiger partial charge is 0.373 e. The third-order valence-electron chi connectivity index (χ3n) is 5.32. The zero-order valence-corrected chi connectivity index (χ0v) is 19.4. The molecular formula is C23H32IN3O. The number of nitrogens with zero attached hydrogens (tertiary/aromatic N) is 1. The smallest absolute Gasteiger partial charge is 0.191 e. The van der Waals surface area contributed by atoms with Gasteiger partial charge in [0.15, 0.2) is 5.96 Å². The molecule has 0 radical (unpaired) electrons. The number of nitrogens with one attached hydrogen (secondary N) is 2. The summed E-state index contributed by atoms with van der Waals surface area (Å²) >= 11 is 0. The van der Waals surface area contributed by atoms with E-state index in [2.05, 4.69) is 78.0 Å². The van der Waals surface area contributed by atoms with E-state index in [1.807, 2.05) is 13.1 Å². The molecule has 3 atom stereocenters. The van der Waals surface area contributed by atoms with Crippen LogP contribution in [-0.4, -0.2) is 32.7 Å². The number of benzene rings is 2. The molecule has 2 aromatic carbocycles. The fourth-order valence-electron chi connectivity index (χ4n) is 3.57. The van der Waals surface area contributed by atoms with Gasteiger partial charge in [0.1, 0.15) is 0 Å². The van der Waals surface area contributed by atoms with Gasteiger partial charge >= 0.3 is 0 Å². The summed E-state index contributed by atoms with van der Waals surface area (Å²) in [6.45, 7) is 6.89. The minimum Gasteiger partial charge on any atom is -0.373 e. The Kier molecular flexibility index (Phi) is 9.25. The molecule has 0 spiro atoms. The van der Waals surface area contributed by atoms with Crippen molar-refractivity contribution in [2.24, 2.45) is 10.9 Å². The Hall–Kier alpha value is -1.60. The Morgan fingerprint density at radius 3 is 2.50 bits per heavy atom. The van der Waals surface area contributed by atoms with Crippen molar-refractivity contribution in [3.8, 4) is 0 Å². The Morgan fingerprint density at radius 2 is 1.82 bits per heavy atom. The van der Waals surface area contributed by atoms with Crippen molar-refractivity contribution in [2.75, 3.05) is 26.7 Å². The van der Waals surface area contributed by atoms with E-state index in [0.717, 1.165) is 32.1 Å². The van der Waals surface area contributed by atoms with Crippen LogP contribution in [0.15, 0.2) is 59.6 Å². The van der Waals surface area contributed by atoms with Crippen molar-refractivity contribution >= 4 is 29.9 Å². The molecule has 152 valence electrons. The van der Waals surface area contributed by atoms with Gasteiger partial charge in [0.25, 0.3) is 0 Å². The van der Waals surface area contributed by atoms with E-state index < -0.39 is 0 Å². The maximum atomic E-state index is 5.98. The van der Waals surface area contributed by atoms with Gasteiger partial charge in [-0.3, -0.25) is 4.99 Å². The summed E-state index contributed by atoms with van der Waals surface area (Å²) in [7, 11) is 1.83. The highest BCUT2D eigenvalue weighted by atomic mass is 127. The molecule has 4 nitrogen and oxygen atoms in total. The molecule has 0 bridgehead atoms. The van der Waals surface area contributed by atoms with Crippen LogP contribution in [0.1, 0.15) is 42.1 Å². The monoisotopic (exact) mass is 493 g/mol. The average Bonchev–Trinajstić information content (AvgIpc) is 3.18. The minimum atomic E-state index is 0. The minimum absolute atomic E-state index is 0. The highest BCUT2D eigenvalue weighted by Crippen LogP contribution is 2.33. The van der Waals surface area contributed by atoms with Gasteiger partial charge in [0.2, 0.25) is 0 Å². The van der Waals surface area contributed by atoms with Crippen LogP contribution in [0.3, 0.4) is 0 Å². The van der Waals surface area contributed by atoms with Crippen LogP contribution >= 0.6 is 24.0 Å². The quantitative estimate of drug-likeness (QED) is 0.350. The van der Waals surface area contributed by atoms with E-state index in [1.54, 1.807) is 0 Å². The first-order valence-electron chi connectivity index (χ1n) is 9.85. The standard InChI is InChI=1S/C23H31N3O.HI/c1-17-9-11-19(12-10-17)18(2)15-25-23(24-3)26-16-21-13-14-27-22(21)20-7-5-4-6-8-20;/h4-12,18,21-22H,13-16H2,1-3H3,(H2,24,25,26);1H. The number of ether oxygens (including phenoxy) is 1. The predicted molar refractivity (Wildman–Crippen MR) is 128 cm³/mol. The number of halogens is 1. The zero-order chi connectivity index (χ0) is 19.1. The van der Waals surface area contributed by atoms with Crippen LogP contribution in [0.2, 0.25) is 0 Å². The van der Waals surface area contributed by atoms with E-state index in [-0.39, 0.29) is 30.1 Å². The summed E-state index contributed by atoms with van der Waals surface area (Å²) in [4.78, 5) is 4.38. The number of rotatable bonds is 6. The lowest BCUT2D eigenvalue weighted by Crippen LogP contribution is -2.41. The maximum Gasteiger partial charge on any atom is 0.191 e. The topological polar surface area (TPSA) is 45.7 Å². The number of aryl methyl sites for hydroxylation is 1. The molecule has 1 heterocycles. The summed E-state index contributed by atoms with van der Waals surface area (Å²) < 4.78 is 5.98. The van der Waals surface area contributed by atoms with Gasteiger partial charge in [-0.05, 0) is 30.4 Å². The predicted octanol–water partition coefficient (Wildman–Crippen LogP) is 4.66. The molecule has 0 amide bonds. The second kappa shape index (κ2) is 11.4. The summed E-state index contributed by atoms with van der Waals surface area (Å²) in [6, 6.07) is 19.3. The summed E-state index contributed by atoms with van der Waals surface area (Å²) in [5.41, 5.74) is 3.90. The van der Waals surface area contributed by atoms with Crippen LogP contribution in [0.25, 0.3) is 0 Å².